The summed E-state index contributed by atoms with van der Waals surface area (Å²) in [6.07, 6.45) is 7.49. The molecule has 2 aromatic carbocycles. The van der Waals surface area contributed by atoms with Crippen LogP contribution in [0.5, 0.6) is 11.5 Å². The molecular formula is C27H27N3O5. The van der Waals surface area contributed by atoms with Crippen molar-refractivity contribution in [3.05, 3.63) is 96.6 Å². The highest BCUT2D eigenvalue weighted by Gasteiger charge is 2.45. The van der Waals surface area contributed by atoms with Gasteiger partial charge in [0.15, 0.2) is 0 Å². The molecule has 180 valence electrons. The Morgan fingerprint density at radius 2 is 1.80 bits per heavy atom. The summed E-state index contributed by atoms with van der Waals surface area (Å²) >= 11 is 0. The van der Waals surface area contributed by atoms with Gasteiger partial charge < -0.3 is 24.0 Å². The zero-order valence-electron chi connectivity index (χ0n) is 19.5. The second-order valence-electron chi connectivity index (χ2n) is 8.04. The number of imidazole rings is 1. The molecule has 1 amide bonds. The van der Waals surface area contributed by atoms with Crippen LogP contribution in [0.3, 0.4) is 0 Å². The summed E-state index contributed by atoms with van der Waals surface area (Å²) in [4.78, 5) is 31.8. The van der Waals surface area contributed by atoms with Crippen molar-refractivity contribution < 1.29 is 24.2 Å². The third kappa shape index (κ3) is 5.11. The Hall–Kier alpha value is -4.33. The number of aromatic nitrogens is 2. The molecule has 35 heavy (non-hydrogen) atoms. The average molecular weight is 474 g/mol. The third-order valence-corrected chi connectivity index (χ3v) is 5.84. The van der Waals surface area contributed by atoms with Crippen molar-refractivity contribution in [2.75, 3.05) is 20.3 Å². The number of ether oxygens (including phenoxy) is 2. The molecule has 1 aliphatic heterocycles. The van der Waals surface area contributed by atoms with E-state index in [1.807, 2.05) is 10.8 Å². The molecule has 2 heterocycles. The molecule has 1 fully saturated rings. The first-order valence-corrected chi connectivity index (χ1v) is 11.3. The number of benzene rings is 2. The van der Waals surface area contributed by atoms with E-state index in [0.717, 1.165) is 0 Å². The van der Waals surface area contributed by atoms with Gasteiger partial charge in [0, 0.05) is 31.0 Å². The van der Waals surface area contributed by atoms with Crippen LogP contribution in [0.1, 0.15) is 23.6 Å². The van der Waals surface area contributed by atoms with Crippen molar-refractivity contribution in [1.29, 1.82) is 0 Å². The van der Waals surface area contributed by atoms with Crippen LogP contribution in [-0.2, 0) is 16.1 Å². The van der Waals surface area contributed by atoms with Crippen LogP contribution < -0.4 is 9.47 Å². The number of carbonyl (C=O) groups excluding carboxylic acids is 2. The molecule has 0 aliphatic carbocycles. The van der Waals surface area contributed by atoms with Crippen LogP contribution >= 0.6 is 0 Å². The summed E-state index contributed by atoms with van der Waals surface area (Å²) in [5.74, 6) is -0.313. The Kier molecular flexibility index (Phi) is 7.30. The number of aliphatic hydroxyl groups excluding tert-OH is 1. The van der Waals surface area contributed by atoms with Gasteiger partial charge >= 0.3 is 0 Å². The normalized spacial score (nSPS) is 16.9. The fourth-order valence-corrected chi connectivity index (χ4v) is 4.11. The average Bonchev–Trinajstić information content (AvgIpc) is 3.50. The van der Waals surface area contributed by atoms with Crippen LogP contribution in [-0.4, -0.2) is 51.5 Å². The van der Waals surface area contributed by atoms with Crippen molar-refractivity contribution in [1.82, 2.24) is 14.5 Å². The van der Waals surface area contributed by atoms with E-state index in [4.69, 9.17) is 9.47 Å². The monoisotopic (exact) mass is 473 g/mol. The number of aryl methyl sites for hydroxylation is 1. The number of ketones is 1. The smallest absolute Gasteiger partial charge is 0.295 e. The number of likely N-dealkylation sites (tertiary alicyclic amines) is 1. The van der Waals surface area contributed by atoms with Gasteiger partial charge in [-0.05, 0) is 48.4 Å². The first-order valence-electron chi connectivity index (χ1n) is 11.3. The number of hydrogen-bond donors (Lipinski definition) is 1. The molecule has 0 unspecified atom stereocenters. The number of rotatable bonds is 10. The number of amides is 1. The molecule has 0 radical (unpaired) electrons. The van der Waals surface area contributed by atoms with Gasteiger partial charge in [0.25, 0.3) is 11.7 Å². The minimum Gasteiger partial charge on any atom is -0.507 e. The lowest BCUT2D eigenvalue weighted by Crippen LogP contribution is -2.31. The molecule has 1 aromatic heterocycles. The van der Waals surface area contributed by atoms with E-state index in [9.17, 15) is 14.7 Å². The van der Waals surface area contributed by atoms with Crippen molar-refractivity contribution in [3.63, 3.8) is 0 Å². The van der Waals surface area contributed by atoms with Gasteiger partial charge in [0.2, 0.25) is 0 Å². The molecule has 0 spiro atoms. The summed E-state index contributed by atoms with van der Waals surface area (Å²) in [5, 5.41) is 11.2. The van der Waals surface area contributed by atoms with Gasteiger partial charge in [-0.1, -0.05) is 24.8 Å². The van der Waals surface area contributed by atoms with Gasteiger partial charge in [-0.3, -0.25) is 9.59 Å². The first-order chi connectivity index (χ1) is 17.0. The lowest BCUT2D eigenvalue weighted by atomic mass is 9.95. The van der Waals surface area contributed by atoms with E-state index in [1.165, 1.54) is 4.90 Å². The second kappa shape index (κ2) is 10.7. The Labute approximate surface area is 203 Å². The van der Waals surface area contributed by atoms with Gasteiger partial charge in [0.05, 0.1) is 25.1 Å². The molecule has 8 heteroatoms. The summed E-state index contributed by atoms with van der Waals surface area (Å²) in [6, 6.07) is 13.1. The minimum atomic E-state index is -0.722. The fourth-order valence-electron chi connectivity index (χ4n) is 4.11. The largest absolute Gasteiger partial charge is 0.507 e. The SMILES string of the molecule is C=CCOc1ccc(C(O)=C2C(=O)C(=O)N(CCCn3ccnc3)[C@H]2c2ccc(OC)cc2)cc1. The molecule has 8 nitrogen and oxygen atoms in total. The molecule has 1 atom stereocenters. The topological polar surface area (TPSA) is 93.9 Å². The third-order valence-electron chi connectivity index (χ3n) is 5.84. The predicted octanol–water partition coefficient (Wildman–Crippen LogP) is 3.97. The zero-order chi connectivity index (χ0) is 24.8. The highest BCUT2D eigenvalue weighted by Crippen LogP contribution is 2.40. The first kappa shape index (κ1) is 23.8. The number of nitrogens with zero attached hydrogens (tertiary/aromatic N) is 3. The Balaban J connectivity index is 1.69. The Bertz CT molecular complexity index is 1210. The summed E-state index contributed by atoms with van der Waals surface area (Å²) in [5.41, 5.74) is 1.19. The molecule has 3 aromatic rings. The predicted molar refractivity (Wildman–Crippen MR) is 131 cm³/mol. The Morgan fingerprint density at radius 3 is 2.43 bits per heavy atom. The van der Waals surface area contributed by atoms with E-state index >= 15 is 0 Å². The maximum atomic E-state index is 13.2. The van der Waals surface area contributed by atoms with Crippen LogP contribution in [0.4, 0.5) is 0 Å². The van der Waals surface area contributed by atoms with E-state index in [0.29, 0.717) is 48.7 Å². The molecule has 0 bridgehead atoms. The van der Waals surface area contributed by atoms with Gasteiger partial charge in [-0.2, -0.15) is 0 Å². The molecule has 1 saturated heterocycles. The van der Waals surface area contributed by atoms with Gasteiger partial charge in [-0.25, -0.2) is 4.98 Å². The molecule has 4 rings (SSSR count). The fraction of sp³-hybridized carbons (Fsp3) is 0.222. The Morgan fingerprint density at radius 1 is 1.09 bits per heavy atom. The second-order valence-corrected chi connectivity index (χ2v) is 8.04. The standard InChI is InChI=1S/C27H27N3O5/c1-3-17-35-22-11-7-20(8-12-22)25(31)23-24(19-5-9-21(34-2)10-6-19)30(27(33)26(23)32)15-4-14-29-16-13-28-18-29/h3,5-13,16,18,24,31H,1,4,14-15,17H2,2H3/t24-/m0/s1. The number of aliphatic hydroxyl groups is 1. The molecule has 0 saturated carbocycles. The summed E-state index contributed by atoms with van der Waals surface area (Å²) < 4.78 is 12.7. The zero-order valence-corrected chi connectivity index (χ0v) is 19.5. The van der Waals surface area contributed by atoms with Gasteiger partial charge in [0.1, 0.15) is 23.9 Å². The minimum absolute atomic E-state index is 0.0579. The van der Waals surface area contributed by atoms with Crippen molar-refractivity contribution >= 4 is 17.4 Å². The van der Waals surface area contributed by atoms with Crippen molar-refractivity contribution in [2.24, 2.45) is 0 Å². The molecular weight excluding hydrogens is 446 g/mol. The lowest BCUT2D eigenvalue weighted by Gasteiger charge is -2.25. The van der Waals surface area contributed by atoms with Crippen LogP contribution in [0.2, 0.25) is 0 Å². The van der Waals surface area contributed by atoms with E-state index < -0.39 is 17.7 Å². The maximum absolute atomic E-state index is 13.2. The van der Waals surface area contributed by atoms with Gasteiger partial charge in [-0.15, -0.1) is 0 Å². The molecule has 1 N–H and O–H groups in total. The number of hydrogen-bond acceptors (Lipinski definition) is 6. The van der Waals surface area contributed by atoms with E-state index in [1.54, 1.807) is 74.2 Å². The van der Waals surface area contributed by atoms with Crippen molar-refractivity contribution in [3.8, 4) is 11.5 Å². The van der Waals surface area contributed by atoms with Crippen LogP contribution in [0.25, 0.3) is 5.76 Å². The lowest BCUT2D eigenvalue weighted by molar-refractivity contribution is -0.139. The summed E-state index contributed by atoms with van der Waals surface area (Å²) in [7, 11) is 1.57. The molecule has 1 aliphatic rings. The van der Waals surface area contributed by atoms with Crippen LogP contribution in [0.15, 0.2) is 85.5 Å². The number of carbonyl (C=O) groups is 2. The quantitative estimate of drug-likeness (QED) is 0.207. The number of methoxy groups -OCH3 is 1. The number of Topliss-reactive ketones (excluding diaryl/α,β-unsaturated/α-hetero) is 1. The van der Waals surface area contributed by atoms with Crippen molar-refractivity contribution in [2.45, 2.75) is 19.0 Å². The van der Waals surface area contributed by atoms with E-state index in [-0.39, 0.29) is 11.3 Å². The van der Waals surface area contributed by atoms with Crippen LogP contribution in [0, 0.1) is 0 Å². The highest BCUT2D eigenvalue weighted by molar-refractivity contribution is 6.46. The maximum Gasteiger partial charge on any atom is 0.295 e. The van der Waals surface area contributed by atoms with E-state index in [2.05, 4.69) is 11.6 Å². The summed E-state index contributed by atoms with van der Waals surface area (Å²) in [6.45, 7) is 4.96. The highest BCUT2D eigenvalue weighted by atomic mass is 16.5.